The molecule has 3 heterocycles. The molecule has 0 saturated heterocycles. The van der Waals surface area contributed by atoms with Crippen LogP contribution < -0.4 is 9.47 Å². The second-order valence-electron chi connectivity index (χ2n) is 8.14. The highest BCUT2D eigenvalue weighted by molar-refractivity contribution is 7.00. The third kappa shape index (κ3) is 3.60. The summed E-state index contributed by atoms with van der Waals surface area (Å²) in [6, 6.07) is 15.7. The predicted molar refractivity (Wildman–Crippen MR) is 133 cm³/mol. The Morgan fingerprint density at radius 3 is 2.75 bits per heavy atom. The lowest BCUT2D eigenvalue weighted by molar-refractivity contribution is -0.384. The number of aromatic nitrogens is 3. The van der Waals surface area contributed by atoms with Crippen molar-refractivity contribution in [2.45, 2.75) is 13.5 Å². The quantitative estimate of drug-likeness (QED) is 0.177. The third-order valence-electron chi connectivity index (χ3n) is 6.05. The number of fused-ring (bicyclic) bond motifs is 3. The summed E-state index contributed by atoms with van der Waals surface area (Å²) in [4.78, 5) is 24.6. The molecule has 0 bridgehead atoms. The number of carbonyl (C=O) groups is 1. The molecule has 2 aromatic heterocycles. The van der Waals surface area contributed by atoms with Gasteiger partial charge in [0, 0.05) is 29.6 Å². The number of nitrogens with zero attached hydrogens (tertiary/aromatic N) is 4. The normalized spacial score (nSPS) is 12.4. The molecule has 11 heteroatoms. The molecule has 0 aliphatic carbocycles. The summed E-state index contributed by atoms with van der Waals surface area (Å²) in [6.07, 6.45) is 0. The maximum absolute atomic E-state index is 13.4. The van der Waals surface area contributed by atoms with Crippen LogP contribution in [0, 0.1) is 10.1 Å². The molecule has 5 aromatic rings. The number of esters is 1. The topological polar surface area (TPSA) is 119 Å². The van der Waals surface area contributed by atoms with Crippen LogP contribution in [0.15, 0.2) is 54.6 Å². The molecule has 180 valence electrons. The number of rotatable bonds is 6. The molecule has 0 atom stereocenters. The Morgan fingerprint density at radius 1 is 1.08 bits per heavy atom. The number of carbonyl (C=O) groups excluding carboxylic acids is 1. The van der Waals surface area contributed by atoms with Gasteiger partial charge in [-0.2, -0.15) is 8.75 Å². The summed E-state index contributed by atoms with van der Waals surface area (Å²) in [5.41, 5.74) is 4.52. The average molecular weight is 503 g/mol. The van der Waals surface area contributed by atoms with E-state index < -0.39 is 10.9 Å². The van der Waals surface area contributed by atoms with Crippen LogP contribution >= 0.6 is 11.7 Å². The Labute approximate surface area is 208 Å². The van der Waals surface area contributed by atoms with E-state index in [2.05, 4.69) is 8.75 Å². The highest BCUT2D eigenvalue weighted by atomic mass is 32.1. The van der Waals surface area contributed by atoms with Crippen LogP contribution in [-0.2, 0) is 11.3 Å². The molecular weight excluding hydrogens is 484 g/mol. The van der Waals surface area contributed by atoms with Crippen molar-refractivity contribution in [3.05, 3.63) is 76.0 Å². The zero-order valence-electron chi connectivity index (χ0n) is 19.0. The largest absolute Gasteiger partial charge is 0.461 e. The fraction of sp³-hybridized carbons (Fsp3) is 0.160. The van der Waals surface area contributed by atoms with Gasteiger partial charge in [0.15, 0.2) is 11.5 Å². The van der Waals surface area contributed by atoms with Gasteiger partial charge >= 0.3 is 5.97 Å². The lowest BCUT2D eigenvalue weighted by Gasteiger charge is -2.12. The summed E-state index contributed by atoms with van der Waals surface area (Å²) >= 11 is 1.13. The van der Waals surface area contributed by atoms with Crippen molar-refractivity contribution < 1.29 is 23.9 Å². The zero-order valence-corrected chi connectivity index (χ0v) is 19.8. The molecule has 0 amide bonds. The highest BCUT2D eigenvalue weighted by Crippen LogP contribution is 2.42. The molecule has 0 spiro atoms. The van der Waals surface area contributed by atoms with Crippen molar-refractivity contribution in [3.8, 4) is 22.6 Å². The monoisotopic (exact) mass is 502 g/mol. The first kappa shape index (κ1) is 22.0. The van der Waals surface area contributed by atoms with Crippen LogP contribution in [0.3, 0.4) is 0 Å². The van der Waals surface area contributed by atoms with Crippen molar-refractivity contribution in [1.82, 2.24) is 13.3 Å². The molecule has 0 saturated carbocycles. The molecule has 0 unspecified atom stereocenters. The Balaban J connectivity index is 1.62. The molecule has 0 radical (unpaired) electrons. The van der Waals surface area contributed by atoms with Crippen LogP contribution in [0.5, 0.6) is 11.5 Å². The van der Waals surface area contributed by atoms with Gasteiger partial charge in [-0.1, -0.05) is 12.1 Å². The first-order valence-corrected chi connectivity index (χ1v) is 11.9. The summed E-state index contributed by atoms with van der Waals surface area (Å²) in [7, 11) is 0. The Kier molecular flexibility index (Phi) is 5.26. The van der Waals surface area contributed by atoms with E-state index >= 15 is 0 Å². The van der Waals surface area contributed by atoms with Crippen LogP contribution in [0.4, 0.5) is 5.69 Å². The van der Waals surface area contributed by atoms with Gasteiger partial charge < -0.3 is 18.8 Å². The Morgan fingerprint density at radius 2 is 1.92 bits per heavy atom. The number of ether oxygens (including phenoxy) is 3. The summed E-state index contributed by atoms with van der Waals surface area (Å²) < 4.78 is 26.8. The molecule has 0 N–H and O–H groups in total. The molecule has 10 nitrogen and oxygen atoms in total. The summed E-state index contributed by atoms with van der Waals surface area (Å²) in [5.74, 6) is 0.604. The van der Waals surface area contributed by atoms with Crippen molar-refractivity contribution in [1.29, 1.82) is 0 Å². The predicted octanol–water partition coefficient (Wildman–Crippen LogP) is 5.17. The minimum absolute atomic E-state index is 0.0768. The van der Waals surface area contributed by atoms with E-state index in [9.17, 15) is 14.9 Å². The van der Waals surface area contributed by atoms with E-state index in [1.807, 2.05) is 22.8 Å². The average Bonchev–Trinajstić information content (AvgIpc) is 3.60. The zero-order chi connectivity index (χ0) is 24.8. The number of hydrogen-bond acceptors (Lipinski definition) is 9. The van der Waals surface area contributed by atoms with Gasteiger partial charge in [-0.15, -0.1) is 0 Å². The maximum atomic E-state index is 13.4. The van der Waals surface area contributed by atoms with Gasteiger partial charge in [0.05, 0.1) is 28.8 Å². The van der Waals surface area contributed by atoms with E-state index in [4.69, 9.17) is 14.2 Å². The number of benzene rings is 3. The lowest BCUT2D eigenvalue weighted by atomic mass is 10.0. The number of nitro benzene ring substituents is 1. The minimum atomic E-state index is -0.527. The second kappa shape index (κ2) is 8.61. The molecule has 3 aromatic carbocycles. The van der Waals surface area contributed by atoms with Crippen molar-refractivity contribution >= 4 is 45.3 Å². The third-order valence-corrected chi connectivity index (χ3v) is 6.60. The summed E-state index contributed by atoms with van der Waals surface area (Å²) in [5, 5.41) is 12.2. The maximum Gasteiger partial charge on any atom is 0.355 e. The van der Waals surface area contributed by atoms with E-state index in [1.165, 1.54) is 12.1 Å². The number of nitro groups is 1. The second-order valence-corrected chi connectivity index (χ2v) is 8.67. The smallest absolute Gasteiger partial charge is 0.355 e. The molecule has 0 fully saturated rings. The van der Waals surface area contributed by atoms with Crippen LogP contribution in [0.25, 0.3) is 33.1 Å². The van der Waals surface area contributed by atoms with Gasteiger partial charge in [0.1, 0.15) is 16.7 Å². The van der Waals surface area contributed by atoms with Crippen LogP contribution in [-0.4, -0.2) is 37.6 Å². The van der Waals surface area contributed by atoms with Gasteiger partial charge in [-0.05, 0) is 48.4 Å². The molecular formula is C25H18N4O6S. The van der Waals surface area contributed by atoms with Crippen LogP contribution in [0.2, 0.25) is 0 Å². The SMILES string of the molecule is CCOC(=O)c1c(-c2ccc3c(c2)OCO3)c2cc([N+](=O)[O-])ccc2n1Cc1ccc2nsnc2c1. The fourth-order valence-corrected chi connectivity index (χ4v) is 5.00. The van der Waals surface area contributed by atoms with Crippen LogP contribution in [0.1, 0.15) is 23.0 Å². The Bertz CT molecular complexity index is 1670. The van der Waals surface area contributed by atoms with Gasteiger partial charge in [0.2, 0.25) is 6.79 Å². The van der Waals surface area contributed by atoms with E-state index in [0.717, 1.165) is 28.3 Å². The van der Waals surface area contributed by atoms with Gasteiger partial charge in [0.25, 0.3) is 5.69 Å². The first-order valence-electron chi connectivity index (χ1n) is 11.1. The van der Waals surface area contributed by atoms with E-state index in [0.29, 0.717) is 45.8 Å². The molecule has 36 heavy (non-hydrogen) atoms. The standard InChI is InChI=1S/C25H18N4O6S/c1-2-33-25(30)24-23(15-4-8-21-22(10-15)35-13-34-21)17-11-16(29(31)32)5-7-20(17)28(24)12-14-3-6-18-19(9-14)27-36-26-18/h3-11H,2,12-13H2,1H3. The van der Waals surface area contributed by atoms with E-state index in [1.54, 1.807) is 31.2 Å². The molecule has 1 aliphatic heterocycles. The summed E-state index contributed by atoms with van der Waals surface area (Å²) in [6.45, 7) is 2.34. The van der Waals surface area contributed by atoms with E-state index in [-0.39, 0.29) is 19.1 Å². The van der Waals surface area contributed by atoms with Gasteiger partial charge in [-0.3, -0.25) is 10.1 Å². The highest BCUT2D eigenvalue weighted by Gasteiger charge is 2.28. The minimum Gasteiger partial charge on any atom is -0.461 e. The van der Waals surface area contributed by atoms with Crippen molar-refractivity contribution in [3.63, 3.8) is 0 Å². The number of non-ortho nitro benzene ring substituents is 1. The Hall–Kier alpha value is -4.51. The van der Waals surface area contributed by atoms with Crippen molar-refractivity contribution in [2.24, 2.45) is 0 Å². The lowest BCUT2D eigenvalue weighted by Crippen LogP contribution is -2.14. The van der Waals surface area contributed by atoms with Crippen molar-refractivity contribution in [2.75, 3.05) is 13.4 Å². The fourth-order valence-electron chi connectivity index (χ4n) is 4.49. The number of hydrogen-bond donors (Lipinski definition) is 0. The first-order chi connectivity index (χ1) is 17.5. The molecule has 6 rings (SSSR count). The molecule has 1 aliphatic rings. The van der Waals surface area contributed by atoms with Gasteiger partial charge in [-0.25, -0.2) is 4.79 Å².